The third kappa shape index (κ3) is 2.14. The highest BCUT2D eigenvalue weighted by molar-refractivity contribution is 5.82. The standard InChI is InChI=1S/C13H14N2O4/c16-10-2-1-8-3-4-14(7-9(8)5-10)13(17)11-6-12(11)15(18)19/h1-2,5,11-12,16H,3-4,6-7H2. The van der Waals surface area contributed by atoms with Gasteiger partial charge in [-0.2, -0.15) is 0 Å². The van der Waals surface area contributed by atoms with E-state index in [0.29, 0.717) is 19.5 Å². The van der Waals surface area contributed by atoms with Crippen LogP contribution in [0.1, 0.15) is 17.5 Å². The molecule has 6 heteroatoms. The molecule has 1 aliphatic heterocycles. The van der Waals surface area contributed by atoms with Crippen LogP contribution in [0.25, 0.3) is 0 Å². The first-order valence-corrected chi connectivity index (χ1v) is 6.29. The minimum atomic E-state index is -0.696. The van der Waals surface area contributed by atoms with Crippen molar-refractivity contribution >= 4 is 5.91 Å². The summed E-state index contributed by atoms with van der Waals surface area (Å²) >= 11 is 0. The van der Waals surface area contributed by atoms with Gasteiger partial charge < -0.3 is 10.0 Å². The van der Waals surface area contributed by atoms with E-state index in [9.17, 15) is 20.0 Å². The van der Waals surface area contributed by atoms with E-state index in [1.165, 1.54) is 0 Å². The maximum atomic E-state index is 12.1. The van der Waals surface area contributed by atoms with Crippen molar-refractivity contribution < 1.29 is 14.8 Å². The normalized spacial score (nSPS) is 24.7. The van der Waals surface area contributed by atoms with Gasteiger partial charge in [-0.1, -0.05) is 6.07 Å². The van der Waals surface area contributed by atoms with Crippen LogP contribution in [0.15, 0.2) is 18.2 Å². The van der Waals surface area contributed by atoms with E-state index in [2.05, 4.69) is 0 Å². The number of carbonyl (C=O) groups is 1. The van der Waals surface area contributed by atoms with Gasteiger partial charge in [-0.15, -0.1) is 0 Å². The minimum Gasteiger partial charge on any atom is -0.508 e. The highest BCUT2D eigenvalue weighted by Crippen LogP contribution is 2.36. The Bertz CT molecular complexity index is 558. The number of fused-ring (bicyclic) bond motifs is 1. The first-order valence-electron chi connectivity index (χ1n) is 6.29. The van der Waals surface area contributed by atoms with Crippen LogP contribution in [-0.4, -0.2) is 33.4 Å². The molecule has 0 aromatic heterocycles. The Morgan fingerprint density at radius 1 is 1.42 bits per heavy atom. The molecule has 2 atom stereocenters. The predicted molar refractivity (Wildman–Crippen MR) is 66.1 cm³/mol. The van der Waals surface area contributed by atoms with Crippen LogP contribution in [0.5, 0.6) is 5.75 Å². The maximum Gasteiger partial charge on any atom is 0.233 e. The summed E-state index contributed by atoms with van der Waals surface area (Å²) in [5.74, 6) is -0.396. The zero-order valence-electron chi connectivity index (χ0n) is 10.3. The summed E-state index contributed by atoms with van der Waals surface area (Å²) in [5.41, 5.74) is 2.06. The van der Waals surface area contributed by atoms with Gasteiger partial charge >= 0.3 is 0 Å². The van der Waals surface area contributed by atoms with Crippen LogP contribution in [0.3, 0.4) is 0 Å². The number of aromatic hydroxyl groups is 1. The van der Waals surface area contributed by atoms with Gasteiger partial charge in [0, 0.05) is 24.4 Å². The van der Waals surface area contributed by atoms with Gasteiger partial charge in [0.2, 0.25) is 11.9 Å². The molecule has 6 nitrogen and oxygen atoms in total. The number of phenolic OH excluding ortho intramolecular Hbond substituents is 1. The molecule has 0 saturated heterocycles. The molecule has 1 aromatic carbocycles. The number of rotatable bonds is 2. The number of hydrogen-bond donors (Lipinski definition) is 1. The second-order valence-corrected chi connectivity index (χ2v) is 5.16. The lowest BCUT2D eigenvalue weighted by molar-refractivity contribution is -0.497. The molecule has 1 amide bonds. The molecule has 3 rings (SSSR count). The molecule has 2 aliphatic rings. The van der Waals surface area contributed by atoms with E-state index in [1.807, 2.05) is 6.07 Å². The van der Waals surface area contributed by atoms with Crippen LogP contribution in [0, 0.1) is 16.0 Å². The maximum absolute atomic E-state index is 12.1. The van der Waals surface area contributed by atoms with Gasteiger partial charge in [0.1, 0.15) is 11.7 Å². The first kappa shape index (κ1) is 12.0. The fourth-order valence-corrected chi connectivity index (χ4v) is 2.65. The third-order valence-electron chi connectivity index (χ3n) is 3.86. The second kappa shape index (κ2) is 4.22. The Balaban J connectivity index is 1.72. The monoisotopic (exact) mass is 262 g/mol. The molecule has 1 aromatic rings. The van der Waals surface area contributed by atoms with E-state index in [-0.39, 0.29) is 16.6 Å². The molecule has 1 saturated carbocycles. The molecule has 2 unspecified atom stereocenters. The molecule has 0 bridgehead atoms. The molecule has 1 aliphatic carbocycles. The van der Waals surface area contributed by atoms with Crippen molar-refractivity contribution in [3.8, 4) is 5.75 Å². The summed E-state index contributed by atoms with van der Waals surface area (Å²) < 4.78 is 0. The molecule has 1 N–H and O–H groups in total. The lowest BCUT2D eigenvalue weighted by Gasteiger charge is -2.28. The Hall–Kier alpha value is -2.11. The summed E-state index contributed by atoms with van der Waals surface area (Å²) in [6, 6.07) is 4.47. The lowest BCUT2D eigenvalue weighted by atomic mass is 9.99. The Morgan fingerprint density at radius 2 is 2.21 bits per heavy atom. The van der Waals surface area contributed by atoms with Crippen molar-refractivity contribution in [1.82, 2.24) is 4.90 Å². The number of amides is 1. The van der Waals surface area contributed by atoms with Crippen LogP contribution in [0.4, 0.5) is 0 Å². The smallest absolute Gasteiger partial charge is 0.233 e. The predicted octanol–water partition coefficient (Wildman–Crippen LogP) is 0.942. The fourth-order valence-electron chi connectivity index (χ4n) is 2.65. The zero-order chi connectivity index (χ0) is 13.6. The van der Waals surface area contributed by atoms with Crippen molar-refractivity contribution in [2.75, 3.05) is 6.54 Å². The Kier molecular flexibility index (Phi) is 2.66. The van der Waals surface area contributed by atoms with Crippen molar-refractivity contribution in [1.29, 1.82) is 0 Å². The molecular formula is C13H14N2O4. The molecule has 1 heterocycles. The number of phenols is 1. The topological polar surface area (TPSA) is 83.7 Å². The fraction of sp³-hybridized carbons (Fsp3) is 0.462. The van der Waals surface area contributed by atoms with Crippen LogP contribution < -0.4 is 0 Å². The number of carbonyl (C=O) groups excluding carboxylic acids is 1. The molecule has 100 valence electrons. The van der Waals surface area contributed by atoms with E-state index in [1.54, 1.807) is 17.0 Å². The molecule has 19 heavy (non-hydrogen) atoms. The lowest BCUT2D eigenvalue weighted by Crippen LogP contribution is -2.37. The average Bonchev–Trinajstić information content (AvgIpc) is 3.17. The van der Waals surface area contributed by atoms with Crippen LogP contribution in [-0.2, 0) is 17.8 Å². The highest BCUT2D eigenvalue weighted by atomic mass is 16.6. The van der Waals surface area contributed by atoms with Gasteiger partial charge in [0.15, 0.2) is 0 Å². The van der Waals surface area contributed by atoms with Gasteiger partial charge in [-0.25, -0.2) is 0 Å². The molecule has 0 radical (unpaired) electrons. The largest absolute Gasteiger partial charge is 0.508 e. The van der Waals surface area contributed by atoms with Gasteiger partial charge in [0.25, 0.3) is 0 Å². The number of nitrogens with zero attached hydrogens (tertiary/aromatic N) is 2. The number of benzene rings is 1. The number of nitro groups is 1. The number of hydrogen-bond acceptors (Lipinski definition) is 4. The van der Waals surface area contributed by atoms with Crippen LogP contribution in [0.2, 0.25) is 0 Å². The molecule has 1 fully saturated rings. The average molecular weight is 262 g/mol. The summed E-state index contributed by atoms with van der Waals surface area (Å²) in [6.07, 6.45) is 1.09. The Labute approximate surface area is 109 Å². The van der Waals surface area contributed by atoms with E-state index < -0.39 is 12.0 Å². The zero-order valence-corrected chi connectivity index (χ0v) is 10.3. The summed E-state index contributed by atoms with van der Waals surface area (Å²) in [6.45, 7) is 1.03. The molecular weight excluding hydrogens is 248 g/mol. The van der Waals surface area contributed by atoms with E-state index >= 15 is 0 Å². The summed E-state index contributed by atoms with van der Waals surface area (Å²) in [4.78, 5) is 24.0. The van der Waals surface area contributed by atoms with Gasteiger partial charge in [-0.3, -0.25) is 14.9 Å². The third-order valence-corrected chi connectivity index (χ3v) is 3.86. The molecule has 0 spiro atoms. The van der Waals surface area contributed by atoms with Gasteiger partial charge in [-0.05, 0) is 29.7 Å². The van der Waals surface area contributed by atoms with Crippen molar-refractivity contribution in [2.45, 2.75) is 25.4 Å². The van der Waals surface area contributed by atoms with Gasteiger partial charge in [0.05, 0.1) is 0 Å². The van der Waals surface area contributed by atoms with Crippen molar-refractivity contribution in [3.05, 3.63) is 39.4 Å². The van der Waals surface area contributed by atoms with Crippen LogP contribution >= 0.6 is 0 Å². The minimum absolute atomic E-state index is 0.129. The first-order chi connectivity index (χ1) is 9.06. The van der Waals surface area contributed by atoms with E-state index in [0.717, 1.165) is 17.5 Å². The quantitative estimate of drug-likeness (QED) is 0.635. The van der Waals surface area contributed by atoms with Crippen molar-refractivity contribution in [3.63, 3.8) is 0 Å². The Morgan fingerprint density at radius 3 is 2.89 bits per heavy atom. The SMILES string of the molecule is O=C(C1CC1[N+](=O)[O-])N1CCc2ccc(O)cc2C1. The highest BCUT2D eigenvalue weighted by Gasteiger charge is 2.54. The van der Waals surface area contributed by atoms with Crippen molar-refractivity contribution in [2.24, 2.45) is 5.92 Å². The second-order valence-electron chi connectivity index (χ2n) is 5.16. The summed E-state index contributed by atoms with van der Waals surface area (Å²) in [5, 5.41) is 20.1. The summed E-state index contributed by atoms with van der Waals surface area (Å²) in [7, 11) is 0. The van der Waals surface area contributed by atoms with E-state index in [4.69, 9.17) is 0 Å².